The fourth-order valence-electron chi connectivity index (χ4n) is 2.62. The molecule has 3 aromatic carbocycles. The Labute approximate surface area is 177 Å². The number of nitrogens with zero attached hydrogens (tertiary/aromatic N) is 2. The van der Waals surface area contributed by atoms with Crippen LogP contribution in [0.2, 0.25) is 0 Å². The van der Waals surface area contributed by atoms with Gasteiger partial charge in [0.1, 0.15) is 23.1 Å². The summed E-state index contributed by atoms with van der Waals surface area (Å²) < 4.78 is 5.28. The second-order valence-electron chi connectivity index (χ2n) is 6.22. The lowest BCUT2D eigenvalue weighted by Crippen LogP contribution is -2.14. The van der Waals surface area contributed by atoms with E-state index in [0.717, 1.165) is 0 Å². The van der Waals surface area contributed by atoms with Crippen LogP contribution in [0, 0.1) is 21.4 Å². The van der Waals surface area contributed by atoms with E-state index in [4.69, 9.17) is 4.74 Å². The van der Waals surface area contributed by atoms with Crippen LogP contribution in [0.25, 0.3) is 6.08 Å². The maximum atomic E-state index is 12.4. The molecule has 8 nitrogen and oxygen atoms in total. The first-order valence-electron chi connectivity index (χ1n) is 9.02. The lowest BCUT2D eigenvalue weighted by Gasteiger charge is -2.06. The minimum absolute atomic E-state index is 0.0122. The number of para-hydroxylation sites is 2. The minimum Gasteiger partial charge on any atom is -0.423 e. The first kappa shape index (κ1) is 21.0. The number of nitriles is 1. The van der Waals surface area contributed by atoms with E-state index < -0.39 is 16.8 Å². The van der Waals surface area contributed by atoms with Gasteiger partial charge in [0, 0.05) is 6.07 Å². The van der Waals surface area contributed by atoms with Gasteiger partial charge >= 0.3 is 5.97 Å². The van der Waals surface area contributed by atoms with E-state index in [9.17, 15) is 25.0 Å². The van der Waals surface area contributed by atoms with Crippen molar-refractivity contribution in [2.75, 3.05) is 5.32 Å². The Hall–Kier alpha value is -4.77. The lowest BCUT2D eigenvalue weighted by molar-refractivity contribution is -0.383. The van der Waals surface area contributed by atoms with E-state index in [0.29, 0.717) is 16.9 Å². The molecule has 0 aliphatic rings. The van der Waals surface area contributed by atoms with E-state index >= 15 is 0 Å². The Morgan fingerprint density at radius 2 is 1.61 bits per heavy atom. The van der Waals surface area contributed by atoms with Crippen molar-refractivity contribution in [1.29, 1.82) is 5.26 Å². The van der Waals surface area contributed by atoms with E-state index in [-0.39, 0.29) is 16.9 Å². The van der Waals surface area contributed by atoms with Crippen LogP contribution in [-0.2, 0) is 4.79 Å². The maximum absolute atomic E-state index is 12.4. The Morgan fingerprint density at radius 1 is 0.968 bits per heavy atom. The smallest absolute Gasteiger partial charge is 0.343 e. The molecule has 1 amide bonds. The van der Waals surface area contributed by atoms with Crippen LogP contribution in [-0.4, -0.2) is 16.8 Å². The number of esters is 1. The fourth-order valence-corrected chi connectivity index (χ4v) is 2.62. The van der Waals surface area contributed by atoms with Gasteiger partial charge in [-0.05, 0) is 42.0 Å². The predicted molar refractivity (Wildman–Crippen MR) is 113 cm³/mol. The van der Waals surface area contributed by atoms with Crippen molar-refractivity contribution >= 4 is 29.3 Å². The highest BCUT2D eigenvalue weighted by Crippen LogP contribution is 2.24. The van der Waals surface area contributed by atoms with E-state index in [1.54, 1.807) is 48.5 Å². The number of rotatable bonds is 6. The number of hydrogen-bond acceptors (Lipinski definition) is 6. The summed E-state index contributed by atoms with van der Waals surface area (Å²) in [5.74, 6) is -0.990. The predicted octanol–water partition coefficient (Wildman–Crippen LogP) is 4.36. The molecule has 0 aliphatic carbocycles. The summed E-state index contributed by atoms with van der Waals surface area (Å²) in [5.41, 5.74) is 0.380. The molecule has 0 spiro atoms. The molecule has 31 heavy (non-hydrogen) atoms. The van der Waals surface area contributed by atoms with Gasteiger partial charge in [-0.2, -0.15) is 5.26 Å². The average molecular weight is 413 g/mol. The minimum atomic E-state index is -0.781. The number of hydrogen-bond donors (Lipinski definition) is 1. The molecule has 0 fully saturated rings. The van der Waals surface area contributed by atoms with E-state index in [2.05, 4.69) is 5.32 Å². The largest absolute Gasteiger partial charge is 0.423 e. The second-order valence-corrected chi connectivity index (χ2v) is 6.22. The molecule has 8 heteroatoms. The van der Waals surface area contributed by atoms with Crippen molar-refractivity contribution in [1.82, 2.24) is 0 Å². The van der Waals surface area contributed by atoms with Crippen LogP contribution in [0.5, 0.6) is 5.75 Å². The summed E-state index contributed by atoms with van der Waals surface area (Å²) in [5, 5.41) is 22.8. The van der Waals surface area contributed by atoms with Gasteiger partial charge in [-0.3, -0.25) is 14.9 Å². The third-order valence-electron chi connectivity index (χ3n) is 4.13. The molecule has 3 aromatic rings. The third-order valence-corrected chi connectivity index (χ3v) is 4.13. The van der Waals surface area contributed by atoms with Crippen molar-refractivity contribution in [3.63, 3.8) is 0 Å². The first-order chi connectivity index (χ1) is 15.0. The number of nitro benzene ring substituents is 1. The Balaban J connectivity index is 1.72. The van der Waals surface area contributed by atoms with Crippen molar-refractivity contribution in [2.45, 2.75) is 0 Å². The van der Waals surface area contributed by atoms with E-state index in [1.807, 2.05) is 0 Å². The first-order valence-corrected chi connectivity index (χ1v) is 9.02. The summed E-state index contributed by atoms with van der Waals surface area (Å²) in [4.78, 5) is 34.9. The number of carbonyl (C=O) groups is 2. The van der Waals surface area contributed by atoms with Crippen molar-refractivity contribution in [2.24, 2.45) is 0 Å². The van der Waals surface area contributed by atoms with Gasteiger partial charge in [0.2, 0.25) is 0 Å². The molecular weight excluding hydrogens is 398 g/mol. The zero-order valence-electron chi connectivity index (χ0n) is 16.0. The summed E-state index contributed by atoms with van der Waals surface area (Å²) in [6, 6.07) is 22.1. The fraction of sp³-hybridized carbons (Fsp3) is 0. The van der Waals surface area contributed by atoms with Gasteiger partial charge in [0.15, 0.2) is 0 Å². The maximum Gasteiger partial charge on any atom is 0.343 e. The Kier molecular flexibility index (Phi) is 6.50. The average Bonchev–Trinajstić information content (AvgIpc) is 2.79. The molecular formula is C23H15N3O5. The zero-order chi connectivity index (χ0) is 22.2. The summed E-state index contributed by atoms with van der Waals surface area (Å²) in [6.07, 6.45) is 1.33. The van der Waals surface area contributed by atoms with Gasteiger partial charge in [-0.25, -0.2) is 4.79 Å². The number of anilines is 1. The molecule has 152 valence electrons. The lowest BCUT2D eigenvalue weighted by atomic mass is 10.1. The van der Waals surface area contributed by atoms with Crippen LogP contribution in [0.15, 0.2) is 84.4 Å². The molecule has 0 heterocycles. The molecule has 0 unspecified atom stereocenters. The number of amides is 1. The highest BCUT2D eigenvalue weighted by atomic mass is 16.6. The van der Waals surface area contributed by atoms with Gasteiger partial charge in [-0.1, -0.05) is 42.5 Å². The van der Waals surface area contributed by atoms with Crippen LogP contribution in [0.3, 0.4) is 0 Å². The molecule has 0 radical (unpaired) electrons. The summed E-state index contributed by atoms with van der Waals surface area (Å²) in [6.45, 7) is 0. The topological polar surface area (TPSA) is 122 Å². The Bertz CT molecular complexity index is 1200. The molecule has 3 rings (SSSR count). The molecule has 0 saturated carbocycles. The van der Waals surface area contributed by atoms with Crippen molar-refractivity contribution < 1.29 is 19.2 Å². The van der Waals surface area contributed by atoms with Crippen LogP contribution in [0.4, 0.5) is 11.4 Å². The second kappa shape index (κ2) is 9.62. The van der Waals surface area contributed by atoms with Gasteiger partial charge in [-0.15, -0.1) is 0 Å². The zero-order valence-corrected chi connectivity index (χ0v) is 16.0. The normalized spacial score (nSPS) is 10.6. The molecule has 0 aromatic heterocycles. The third kappa shape index (κ3) is 5.40. The van der Waals surface area contributed by atoms with Crippen LogP contribution in [0.1, 0.15) is 15.9 Å². The summed E-state index contributed by atoms with van der Waals surface area (Å²) >= 11 is 0. The Morgan fingerprint density at radius 3 is 2.26 bits per heavy atom. The number of nitrogens with one attached hydrogen (secondary N) is 1. The molecule has 0 saturated heterocycles. The highest BCUT2D eigenvalue weighted by Gasteiger charge is 2.17. The quantitative estimate of drug-likeness (QED) is 0.160. The number of nitro groups is 1. The number of carbonyl (C=O) groups excluding carboxylic acids is 2. The highest BCUT2D eigenvalue weighted by molar-refractivity contribution is 6.10. The number of benzene rings is 3. The van der Waals surface area contributed by atoms with Gasteiger partial charge in [0.05, 0.1) is 10.5 Å². The van der Waals surface area contributed by atoms with Crippen molar-refractivity contribution in [3.8, 4) is 11.8 Å². The van der Waals surface area contributed by atoms with Crippen molar-refractivity contribution in [3.05, 3.63) is 106 Å². The van der Waals surface area contributed by atoms with Gasteiger partial charge < -0.3 is 10.1 Å². The molecule has 1 N–H and O–H groups in total. The SMILES string of the molecule is N#C/C(=C\c1ccc(OC(=O)c2ccccc2)cc1)C(=O)Nc1ccccc1[N+](=O)[O-]. The van der Waals surface area contributed by atoms with Crippen LogP contribution >= 0.6 is 0 Å². The number of ether oxygens (including phenoxy) is 1. The monoisotopic (exact) mass is 413 g/mol. The standard InChI is InChI=1S/C23H15N3O5/c24-15-18(22(27)25-20-8-4-5-9-21(20)26(29)30)14-16-10-12-19(13-11-16)31-23(28)17-6-2-1-3-7-17/h1-14H,(H,25,27)/b18-14+. The van der Waals surface area contributed by atoms with Gasteiger partial charge in [0.25, 0.3) is 11.6 Å². The molecule has 0 atom stereocenters. The summed E-state index contributed by atoms with van der Waals surface area (Å²) in [7, 11) is 0. The van der Waals surface area contributed by atoms with E-state index in [1.165, 1.54) is 42.5 Å². The van der Waals surface area contributed by atoms with Crippen LogP contribution < -0.4 is 10.1 Å². The molecule has 0 bridgehead atoms. The molecule has 0 aliphatic heterocycles.